The third-order valence-corrected chi connectivity index (χ3v) is 3.77. The van der Waals surface area contributed by atoms with Crippen LogP contribution in [0.4, 0.5) is 5.69 Å². The van der Waals surface area contributed by atoms with Crippen LogP contribution in [0.5, 0.6) is 5.75 Å². The van der Waals surface area contributed by atoms with E-state index in [1.807, 2.05) is 38.1 Å². The van der Waals surface area contributed by atoms with Crippen molar-refractivity contribution in [2.75, 3.05) is 12.4 Å². The number of methoxy groups -OCH3 is 1. The number of amides is 1. The molecule has 19 heavy (non-hydrogen) atoms. The highest BCUT2D eigenvalue weighted by Gasteiger charge is 2.10. The number of anilines is 1. The van der Waals surface area contributed by atoms with Gasteiger partial charge in [-0.25, -0.2) is 4.98 Å². The van der Waals surface area contributed by atoms with E-state index in [4.69, 9.17) is 4.74 Å². The van der Waals surface area contributed by atoms with Gasteiger partial charge >= 0.3 is 0 Å². The molecule has 0 bridgehead atoms. The molecular formula is C14H16N2O2S. The molecule has 1 aromatic heterocycles. The van der Waals surface area contributed by atoms with Crippen LogP contribution >= 0.6 is 11.3 Å². The molecular weight excluding hydrogens is 260 g/mol. The number of aromatic nitrogens is 1. The van der Waals surface area contributed by atoms with Crippen LogP contribution in [0.25, 0.3) is 0 Å². The molecule has 1 N–H and O–H groups in total. The Morgan fingerprint density at radius 2 is 2.00 bits per heavy atom. The fourth-order valence-corrected chi connectivity index (χ4v) is 2.70. The number of benzene rings is 1. The standard InChI is InChI=1S/C14H16N2O2S/c1-9-13(19-10(2)15-9)8-14(17)16-11-4-6-12(18-3)7-5-11/h4-7H,8H2,1-3H3,(H,16,17). The second-order valence-corrected chi connectivity index (χ2v) is 5.48. The van der Waals surface area contributed by atoms with E-state index in [2.05, 4.69) is 10.3 Å². The average molecular weight is 276 g/mol. The van der Waals surface area contributed by atoms with Crippen molar-refractivity contribution in [3.8, 4) is 5.75 Å². The summed E-state index contributed by atoms with van der Waals surface area (Å²) in [7, 11) is 1.61. The van der Waals surface area contributed by atoms with Crippen LogP contribution in [0.1, 0.15) is 15.6 Å². The van der Waals surface area contributed by atoms with E-state index in [0.717, 1.165) is 27.0 Å². The van der Waals surface area contributed by atoms with Crippen LogP contribution in [0.2, 0.25) is 0 Å². The first-order valence-corrected chi connectivity index (χ1v) is 6.77. The van der Waals surface area contributed by atoms with E-state index in [1.54, 1.807) is 18.4 Å². The van der Waals surface area contributed by atoms with E-state index in [1.165, 1.54) is 0 Å². The fourth-order valence-electron chi connectivity index (χ4n) is 1.76. The maximum Gasteiger partial charge on any atom is 0.229 e. The molecule has 5 heteroatoms. The van der Waals surface area contributed by atoms with Crippen LogP contribution < -0.4 is 10.1 Å². The van der Waals surface area contributed by atoms with Gasteiger partial charge in [-0.2, -0.15) is 0 Å². The summed E-state index contributed by atoms with van der Waals surface area (Å²) in [6.07, 6.45) is 0.364. The molecule has 2 rings (SSSR count). The van der Waals surface area contributed by atoms with Gasteiger partial charge in [-0.1, -0.05) is 0 Å². The molecule has 0 fully saturated rings. The minimum Gasteiger partial charge on any atom is -0.497 e. The molecule has 0 saturated carbocycles. The summed E-state index contributed by atoms with van der Waals surface area (Å²) in [6, 6.07) is 7.28. The van der Waals surface area contributed by atoms with Crippen molar-refractivity contribution >= 4 is 22.9 Å². The lowest BCUT2D eigenvalue weighted by molar-refractivity contribution is -0.115. The van der Waals surface area contributed by atoms with E-state index in [0.29, 0.717) is 6.42 Å². The minimum absolute atomic E-state index is 0.0306. The van der Waals surface area contributed by atoms with Crippen molar-refractivity contribution in [1.82, 2.24) is 4.98 Å². The summed E-state index contributed by atoms with van der Waals surface area (Å²) in [5, 5.41) is 3.85. The molecule has 1 aromatic carbocycles. The SMILES string of the molecule is COc1ccc(NC(=O)Cc2sc(C)nc2C)cc1. The quantitative estimate of drug-likeness (QED) is 0.934. The van der Waals surface area contributed by atoms with Crippen molar-refractivity contribution in [3.63, 3.8) is 0 Å². The second-order valence-electron chi connectivity index (χ2n) is 4.19. The van der Waals surface area contributed by atoms with Gasteiger partial charge in [0.15, 0.2) is 0 Å². The zero-order chi connectivity index (χ0) is 13.8. The first-order chi connectivity index (χ1) is 9.08. The smallest absolute Gasteiger partial charge is 0.229 e. The van der Waals surface area contributed by atoms with Crippen LogP contribution in [0, 0.1) is 13.8 Å². The highest BCUT2D eigenvalue weighted by Crippen LogP contribution is 2.19. The Morgan fingerprint density at radius 3 is 2.53 bits per heavy atom. The lowest BCUT2D eigenvalue weighted by Gasteiger charge is -2.05. The van der Waals surface area contributed by atoms with Crippen molar-refractivity contribution in [3.05, 3.63) is 39.8 Å². The lowest BCUT2D eigenvalue weighted by Crippen LogP contribution is -2.14. The molecule has 0 atom stereocenters. The highest BCUT2D eigenvalue weighted by atomic mass is 32.1. The van der Waals surface area contributed by atoms with Crippen molar-refractivity contribution in [2.45, 2.75) is 20.3 Å². The Kier molecular flexibility index (Phi) is 4.16. The maximum absolute atomic E-state index is 11.9. The first-order valence-electron chi connectivity index (χ1n) is 5.95. The molecule has 0 aliphatic rings. The number of thiazole rings is 1. The Labute approximate surface area is 116 Å². The monoisotopic (exact) mass is 276 g/mol. The van der Waals surface area contributed by atoms with Gasteiger partial charge in [0.1, 0.15) is 5.75 Å². The van der Waals surface area contributed by atoms with Gasteiger partial charge < -0.3 is 10.1 Å². The van der Waals surface area contributed by atoms with Gasteiger partial charge in [0, 0.05) is 10.6 Å². The molecule has 0 aliphatic heterocycles. The topological polar surface area (TPSA) is 51.2 Å². The van der Waals surface area contributed by atoms with Crippen molar-refractivity contribution < 1.29 is 9.53 Å². The summed E-state index contributed by atoms with van der Waals surface area (Å²) in [6.45, 7) is 3.88. The maximum atomic E-state index is 11.9. The molecule has 2 aromatic rings. The predicted molar refractivity (Wildman–Crippen MR) is 76.9 cm³/mol. The van der Waals surface area contributed by atoms with Crippen molar-refractivity contribution in [1.29, 1.82) is 0 Å². The van der Waals surface area contributed by atoms with Crippen LogP contribution in [-0.4, -0.2) is 18.0 Å². The molecule has 0 saturated heterocycles. The molecule has 100 valence electrons. The van der Waals surface area contributed by atoms with E-state index < -0.39 is 0 Å². The van der Waals surface area contributed by atoms with Gasteiger partial charge in [0.05, 0.1) is 24.2 Å². The zero-order valence-electron chi connectivity index (χ0n) is 11.2. The third-order valence-electron chi connectivity index (χ3n) is 2.69. The Morgan fingerprint density at radius 1 is 1.32 bits per heavy atom. The molecule has 4 nitrogen and oxygen atoms in total. The van der Waals surface area contributed by atoms with Gasteiger partial charge in [0.2, 0.25) is 5.91 Å². The van der Waals surface area contributed by atoms with Gasteiger partial charge in [-0.3, -0.25) is 4.79 Å². The Hall–Kier alpha value is -1.88. The zero-order valence-corrected chi connectivity index (χ0v) is 12.0. The average Bonchev–Trinajstić information content (AvgIpc) is 2.68. The van der Waals surface area contributed by atoms with Crippen LogP contribution in [-0.2, 0) is 11.2 Å². The number of aryl methyl sites for hydroxylation is 2. The van der Waals surface area contributed by atoms with Gasteiger partial charge in [-0.05, 0) is 38.1 Å². The molecule has 0 radical (unpaired) electrons. The highest BCUT2D eigenvalue weighted by molar-refractivity contribution is 7.11. The normalized spacial score (nSPS) is 10.3. The molecule has 1 amide bonds. The van der Waals surface area contributed by atoms with Gasteiger partial charge in [0.25, 0.3) is 0 Å². The summed E-state index contributed by atoms with van der Waals surface area (Å²) in [5.74, 6) is 0.740. The molecule has 0 aliphatic carbocycles. The largest absolute Gasteiger partial charge is 0.497 e. The molecule has 1 heterocycles. The Balaban J connectivity index is 1.99. The number of carbonyl (C=O) groups is 1. The predicted octanol–water partition coefficient (Wildman–Crippen LogP) is 2.95. The minimum atomic E-state index is -0.0306. The number of hydrogen-bond acceptors (Lipinski definition) is 4. The first kappa shape index (κ1) is 13.5. The number of ether oxygens (including phenoxy) is 1. The van der Waals surface area contributed by atoms with Gasteiger partial charge in [-0.15, -0.1) is 11.3 Å². The van der Waals surface area contributed by atoms with Crippen LogP contribution in [0.3, 0.4) is 0 Å². The number of nitrogens with one attached hydrogen (secondary N) is 1. The van der Waals surface area contributed by atoms with Crippen LogP contribution in [0.15, 0.2) is 24.3 Å². The lowest BCUT2D eigenvalue weighted by atomic mass is 10.2. The fraction of sp³-hybridized carbons (Fsp3) is 0.286. The summed E-state index contributed by atoms with van der Waals surface area (Å²) < 4.78 is 5.07. The summed E-state index contributed by atoms with van der Waals surface area (Å²) in [5.41, 5.74) is 1.71. The molecule has 0 spiro atoms. The van der Waals surface area contributed by atoms with E-state index >= 15 is 0 Å². The number of nitrogens with zero attached hydrogens (tertiary/aromatic N) is 1. The summed E-state index contributed by atoms with van der Waals surface area (Å²) in [4.78, 5) is 17.3. The summed E-state index contributed by atoms with van der Waals surface area (Å²) >= 11 is 1.57. The second kappa shape index (κ2) is 5.84. The Bertz CT molecular complexity index is 576. The number of carbonyl (C=O) groups excluding carboxylic acids is 1. The van der Waals surface area contributed by atoms with E-state index in [-0.39, 0.29) is 5.91 Å². The number of rotatable bonds is 4. The van der Waals surface area contributed by atoms with E-state index in [9.17, 15) is 4.79 Å². The van der Waals surface area contributed by atoms with Crippen molar-refractivity contribution in [2.24, 2.45) is 0 Å². The molecule has 0 unspecified atom stereocenters. The third kappa shape index (κ3) is 3.54. The number of hydrogen-bond donors (Lipinski definition) is 1.